The molecule has 3 heterocycles. The Balaban J connectivity index is 1.58. The van der Waals surface area contributed by atoms with Crippen molar-refractivity contribution in [1.82, 2.24) is 25.1 Å². The van der Waals surface area contributed by atoms with Gasteiger partial charge in [-0.2, -0.15) is 18.3 Å². The number of aromatic nitrogens is 4. The highest BCUT2D eigenvalue weighted by Crippen LogP contribution is 2.28. The molecule has 0 aliphatic carbocycles. The number of halogens is 3. The summed E-state index contributed by atoms with van der Waals surface area (Å²) in [6.07, 6.45) is 0.645. The lowest BCUT2D eigenvalue weighted by molar-refractivity contribution is -0.137. The van der Waals surface area contributed by atoms with E-state index in [0.717, 1.165) is 6.07 Å². The Morgan fingerprint density at radius 3 is 2.57 bits per heavy atom. The van der Waals surface area contributed by atoms with Crippen LogP contribution in [0.4, 0.5) is 18.9 Å². The molecule has 3 aromatic rings. The normalized spacial score (nSPS) is 11.2. The van der Waals surface area contributed by atoms with E-state index in [1.54, 1.807) is 25.3 Å². The molecule has 0 aliphatic heterocycles. The largest absolute Gasteiger partial charge is 0.417 e. The summed E-state index contributed by atoms with van der Waals surface area (Å²) < 4.78 is 39.3. The predicted molar refractivity (Wildman–Crippen MR) is 101 cm³/mol. The Bertz CT molecular complexity index is 1030. The van der Waals surface area contributed by atoms with Crippen molar-refractivity contribution in [3.63, 3.8) is 0 Å². The predicted octanol–water partition coefficient (Wildman–Crippen LogP) is 2.75. The number of nitrogens with zero attached hydrogens (tertiary/aromatic N) is 4. The van der Waals surface area contributed by atoms with Crippen molar-refractivity contribution in [2.75, 3.05) is 11.9 Å². The van der Waals surface area contributed by atoms with Gasteiger partial charge >= 0.3 is 6.18 Å². The molecule has 2 amide bonds. The third kappa shape index (κ3) is 4.99. The summed E-state index contributed by atoms with van der Waals surface area (Å²) in [4.78, 5) is 31.9. The van der Waals surface area contributed by atoms with Gasteiger partial charge in [0.05, 0.1) is 34.9 Å². The Kier molecular flexibility index (Phi) is 6.09. The molecule has 0 unspecified atom stereocenters. The van der Waals surface area contributed by atoms with E-state index in [0.29, 0.717) is 17.6 Å². The van der Waals surface area contributed by atoms with Gasteiger partial charge in [-0.05, 0) is 31.2 Å². The van der Waals surface area contributed by atoms with Gasteiger partial charge in [0.1, 0.15) is 0 Å². The molecule has 0 saturated carbocycles. The molecule has 3 rings (SSSR count). The third-order valence-corrected chi connectivity index (χ3v) is 4.13. The first-order valence-corrected chi connectivity index (χ1v) is 8.82. The number of anilines is 1. The second-order valence-electron chi connectivity index (χ2n) is 6.25. The molecular formula is C19H17F3N6O2. The van der Waals surface area contributed by atoms with E-state index in [1.165, 1.54) is 23.1 Å². The van der Waals surface area contributed by atoms with Crippen LogP contribution in [0.1, 0.15) is 28.0 Å². The van der Waals surface area contributed by atoms with Crippen LogP contribution in [0, 0.1) is 6.92 Å². The van der Waals surface area contributed by atoms with Crippen molar-refractivity contribution in [3.8, 4) is 5.82 Å². The summed E-state index contributed by atoms with van der Waals surface area (Å²) in [5, 5.41) is 9.29. The number of carbonyl (C=O) groups excluding carboxylic acids is 2. The van der Waals surface area contributed by atoms with E-state index in [4.69, 9.17) is 0 Å². The van der Waals surface area contributed by atoms with Crippen molar-refractivity contribution < 1.29 is 22.8 Å². The van der Waals surface area contributed by atoms with Gasteiger partial charge < -0.3 is 10.6 Å². The third-order valence-electron chi connectivity index (χ3n) is 4.13. The number of hydrogen-bond donors (Lipinski definition) is 2. The Morgan fingerprint density at radius 2 is 1.93 bits per heavy atom. The molecule has 3 aromatic heterocycles. The van der Waals surface area contributed by atoms with Crippen LogP contribution in [0.3, 0.4) is 0 Å². The maximum Gasteiger partial charge on any atom is 0.417 e. The molecule has 156 valence electrons. The lowest BCUT2D eigenvalue weighted by Gasteiger charge is -2.08. The standard InChI is InChI=1S/C19H17F3N6O2/c1-12-15(11-26-28(12)16-5-4-13(9-25-16)19(20,21)22)18(30)24-8-6-17(29)27-14-3-2-7-23-10-14/h2-5,7,9-11H,6,8H2,1H3,(H,24,30)(H,27,29). The fourth-order valence-corrected chi connectivity index (χ4v) is 2.59. The van der Waals surface area contributed by atoms with Crippen molar-refractivity contribution in [2.24, 2.45) is 0 Å². The minimum Gasteiger partial charge on any atom is -0.351 e. The molecule has 0 atom stereocenters. The first-order valence-electron chi connectivity index (χ1n) is 8.82. The van der Waals surface area contributed by atoms with E-state index in [1.807, 2.05) is 0 Å². The Labute approximate surface area is 169 Å². The topological polar surface area (TPSA) is 102 Å². The van der Waals surface area contributed by atoms with Gasteiger partial charge in [-0.25, -0.2) is 9.67 Å². The number of nitrogens with one attached hydrogen (secondary N) is 2. The zero-order valence-electron chi connectivity index (χ0n) is 15.8. The lowest BCUT2D eigenvalue weighted by Crippen LogP contribution is -2.28. The van der Waals surface area contributed by atoms with E-state index >= 15 is 0 Å². The Morgan fingerprint density at radius 1 is 1.13 bits per heavy atom. The average molecular weight is 418 g/mol. The quantitative estimate of drug-likeness (QED) is 0.641. The maximum absolute atomic E-state index is 12.7. The smallest absolute Gasteiger partial charge is 0.351 e. The van der Waals surface area contributed by atoms with Crippen molar-refractivity contribution in [3.05, 3.63) is 65.9 Å². The Hall–Kier alpha value is -3.76. The maximum atomic E-state index is 12.7. The average Bonchev–Trinajstić information content (AvgIpc) is 3.09. The highest BCUT2D eigenvalue weighted by atomic mass is 19.4. The molecule has 0 aromatic carbocycles. The fraction of sp³-hybridized carbons (Fsp3) is 0.211. The summed E-state index contributed by atoms with van der Waals surface area (Å²) >= 11 is 0. The monoisotopic (exact) mass is 418 g/mol. The first kappa shape index (κ1) is 21.0. The summed E-state index contributed by atoms with van der Waals surface area (Å²) in [5.41, 5.74) is 0.303. The molecule has 0 bridgehead atoms. The van der Waals surface area contributed by atoms with Crippen LogP contribution in [0.15, 0.2) is 49.1 Å². The van der Waals surface area contributed by atoms with Gasteiger partial charge in [0.15, 0.2) is 5.82 Å². The van der Waals surface area contributed by atoms with Crippen LogP contribution in [0.2, 0.25) is 0 Å². The van der Waals surface area contributed by atoms with Crippen LogP contribution in [0.5, 0.6) is 0 Å². The van der Waals surface area contributed by atoms with Gasteiger partial charge in [0.25, 0.3) is 5.91 Å². The molecular weight excluding hydrogens is 401 g/mol. The molecule has 0 fully saturated rings. The summed E-state index contributed by atoms with van der Waals surface area (Å²) in [6, 6.07) is 5.44. The van der Waals surface area contributed by atoms with E-state index < -0.39 is 17.6 Å². The van der Waals surface area contributed by atoms with Crippen molar-refractivity contribution in [1.29, 1.82) is 0 Å². The molecule has 0 aliphatic rings. The van der Waals surface area contributed by atoms with Gasteiger partial charge in [-0.15, -0.1) is 0 Å². The molecule has 0 spiro atoms. The van der Waals surface area contributed by atoms with Crippen LogP contribution < -0.4 is 10.6 Å². The van der Waals surface area contributed by atoms with Gasteiger partial charge in [0.2, 0.25) is 5.91 Å². The van der Waals surface area contributed by atoms with Crippen molar-refractivity contribution in [2.45, 2.75) is 19.5 Å². The minimum atomic E-state index is -4.49. The number of hydrogen-bond acceptors (Lipinski definition) is 5. The second kappa shape index (κ2) is 8.72. The molecule has 0 radical (unpaired) electrons. The molecule has 8 nitrogen and oxygen atoms in total. The van der Waals surface area contributed by atoms with Crippen molar-refractivity contribution >= 4 is 17.5 Å². The fourth-order valence-electron chi connectivity index (χ4n) is 2.59. The molecule has 0 saturated heterocycles. The number of alkyl halides is 3. The molecule has 11 heteroatoms. The van der Waals surface area contributed by atoms with E-state index in [9.17, 15) is 22.8 Å². The van der Waals surface area contributed by atoms with Crippen LogP contribution in [0.25, 0.3) is 5.82 Å². The number of rotatable bonds is 6. The zero-order chi connectivity index (χ0) is 21.7. The highest BCUT2D eigenvalue weighted by Gasteiger charge is 2.30. The summed E-state index contributed by atoms with van der Waals surface area (Å²) in [7, 11) is 0. The first-order chi connectivity index (χ1) is 14.3. The molecule has 2 N–H and O–H groups in total. The number of pyridine rings is 2. The van der Waals surface area contributed by atoms with Crippen LogP contribution >= 0.6 is 0 Å². The SMILES string of the molecule is Cc1c(C(=O)NCCC(=O)Nc2cccnc2)cnn1-c1ccc(C(F)(F)F)cn1. The van der Waals surface area contributed by atoms with Gasteiger partial charge in [0, 0.05) is 25.4 Å². The zero-order valence-corrected chi connectivity index (χ0v) is 15.8. The summed E-state index contributed by atoms with van der Waals surface area (Å²) in [5.74, 6) is -0.597. The molecule has 30 heavy (non-hydrogen) atoms. The lowest BCUT2D eigenvalue weighted by atomic mass is 10.2. The highest BCUT2D eigenvalue weighted by molar-refractivity contribution is 5.96. The van der Waals surface area contributed by atoms with Crippen LogP contribution in [-0.2, 0) is 11.0 Å². The van der Waals surface area contributed by atoms with E-state index in [2.05, 4.69) is 25.7 Å². The second-order valence-corrected chi connectivity index (χ2v) is 6.25. The number of amides is 2. The van der Waals surface area contributed by atoms with Gasteiger partial charge in [-0.1, -0.05) is 0 Å². The number of carbonyl (C=O) groups is 2. The van der Waals surface area contributed by atoms with Crippen LogP contribution in [-0.4, -0.2) is 38.1 Å². The minimum absolute atomic E-state index is 0.0499. The summed E-state index contributed by atoms with van der Waals surface area (Å²) in [6.45, 7) is 1.68. The van der Waals surface area contributed by atoms with Gasteiger partial charge in [-0.3, -0.25) is 14.6 Å². The van der Waals surface area contributed by atoms with E-state index in [-0.39, 0.29) is 30.3 Å².